The molecule has 0 aromatic heterocycles. The Morgan fingerprint density at radius 2 is 1.05 bits per heavy atom. The Bertz CT molecular complexity index is 327. The van der Waals surface area contributed by atoms with Crippen LogP contribution in [0, 0.1) is 5.92 Å². The van der Waals surface area contributed by atoms with Gasteiger partial charge < -0.3 is 0 Å². The highest BCUT2D eigenvalue weighted by Gasteiger charge is 2.11. The molecule has 0 fully saturated rings. The monoisotopic (exact) mass is 301 g/mol. The molecule has 0 atom stereocenters. The molecule has 0 saturated heterocycles. The molecule has 0 nitrogen and oxygen atoms in total. The summed E-state index contributed by atoms with van der Waals surface area (Å²) in [4.78, 5) is 0. The van der Waals surface area contributed by atoms with E-state index in [1.807, 2.05) is 0 Å². The van der Waals surface area contributed by atoms with E-state index in [1.165, 1.54) is 89.0 Å². The molecule has 0 aliphatic heterocycles. The van der Waals surface area contributed by atoms with Crippen molar-refractivity contribution in [2.45, 2.75) is 97.3 Å². The fourth-order valence-corrected chi connectivity index (χ4v) is 3.15. The van der Waals surface area contributed by atoms with E-state index in [0.717, 1.165) is 0 Å². The van der Waals surface area contributed by atoms with Crippen LogP contribution >= 0.6 is 0 Å². The van der Waals surface area contributed by atoms with Gasteiger partial charge in [-0.15, -0.1) is 0 Å². The lowest BCUT2D eigenvalue weighted by atomic mass is 9.88. The minimum Gasteiger partial charge on any atom is -0.0654 e. The van der Waals surface area contributed by atoms with Crippen LogP contribution in [0.2, 0.25) is 0 Å². The summed E-state index contributed by atoms with van der Waals surface area (Å²) in [6, 6.07) is 11.1. The summed E-state index contributed by atoms with van der Waals surface area (Å²) < 4.78 is 0. The van der Waals surface area contributed by atoms with E-state index in [1.54, 1.807) is 5.92 Å². The maximum Gasteiger partial charge on any atom is 0.00498 e. The van der Waals surface area contributed by atoms with E-state index in [0.29, 0.717) is 0 Å². The maximum absolute atomic E-state index is 2.30. The second-order valence-corrected chi connectivity index (χ2v) is 6.65. The molecule has 22 heavy (non-hydrogen) atoms. The topological polar surface area (TPSA) is 0 Å². The van der Waals surface area contributed by atoms with Gasteiger partial charge in [0.15, 0.2) is 0 Å². The van der Waals surface area contributed by atoms with Crippen LogP contribution in [0.25, 0.3) is 0 Å². The van der Waals surface area contributed by atoms with Crippen molar-refractivity contribution in [1.82, 2.24) is 0 Å². The van der Waals surface area contributed by atoms with Crippen molar-refractivity contribution in [3.05, 3.63) is 41.8 Å². The summed E-state index contributed by atoms with van der Waals surface area (Å²) in [5.74, 6) is 1.70. The van der Waals surface area contributed by atoms with Gasteiger partial charge in [0.2, 0.25) is 0 Å². The third-order valence-electron chi connectivity index (χ3n) is 4.60. The van der Waals surface area contributed by atoms with Crippen LogP contribution in [0.4, 0.5) is 0 Å². The molecule has 1 aromatic carbocycles. The van der Waals surface area contributed by atoms with Gasteiger partial charge in [-0.3, -0.25) is 0 Å². The van der Waals surface area contributed by atoms with Gasteiger partial charge >= 0.3 is 0 Å². The van der Waals surface area contributed by atoms with Gasteiger partial charge in [-0.1, -0.05) is 115 Å². The van der Waals surface area contributed by atoms with Gasteiger partial charge in [0.25, 0.3) is 0 Å². The van der Waals surface area contributed by atoms with Crippen LogP contribution in [-0.2, 0) is 0 Å². The van der Waals surface area contributed by atoms with E-state index in [-0.39, 0.29) is 0 Å². The van der Waals surface area contributed by atoms with Gasteiger partial charge in [-0.25, -0.2) is 0 Å². The summed E-state index contributed by atoms with van der Waals surface area (Å²) in [6.45, 7) is 4.58. The summed E-state index contributed by atoms with van der Waals surface area (Å²) in [6.07, 6.45) is 17.9. The zero-order valence-corrected chi connectivity index (χ0v) is 15.1. The Hall–Kier alpha value is -0.780. The number of unbranched alkanes of at least 4 members (excludes halogenated alkanes) is 9. The standard InChI is InChI=1S/C22H37/c1-3-5-7-9-11-14-18-21(17-13-10-8-6-4-2)22-19-15-12-16-20-22/h12,15-16,19-20H,3-11,13-14,17-18H2,1-2H3. The van der Waals surface area contributed by atoms with Crippen LogP contribution in [0.5, 0.6) is 0 Å². The third kappa shape index (κ3) is 9.28. The molecule has 0 heteroatoms. The molecule has 0 spiro atoms. The Kier molecular flexibility index (Phi) is 12.1. The average Bonchev–Trinajstić information content (AvgIpc) is 2.56. The quantitative estimate of drug-likeness (QED) is 0.308. The predicted molar refractivity (Wildman–Crippen MR) is 100 cm³/mol. The molecule has 0 N–H and O–H groups in total. The number of hydrogen-bond donors (Lipinski definition) is 0. The average molecular weight is 302 g/mol. The van der Waals surface area contributed by atoms with Crippen LogP contribution in [-0.4, -0.2) is 0 Å². The molecule has 0 heterocycles. The van der Waals surface area contributed by atoms with Crippen LogP contribution in [0.1, 0.15) is 103 Å². The molecular formula is C22H37. The number of hydrogen-bond acceptors (Lipinski definition) is 0. The molecule has 1 rings (SSSR count). The van der Waals surface area contributed by atoms with Crippen LogP contribution in [0.15, 0.2) is 30.3 Å². The van der Waals surface area contributed by atoms with Gasteiger partial charge in [0.1, 0.15) is 0 Å². The van der Waals surface area contributed by atoms with Crippen molar-refractivity contribution in [1.29, 1.82) is 0 Å². The van der Waals surface area contributed by atoms with Crippen LogP contribution < -0.4 is 0 Å². The minimum atomic E-state index is 1.31. The molecule has 0 amide bonds. The lowest BCUT2D eigenvalue weighted by molar-refractivity contribution is 0.567. The summed E-state index contributed by atoms with van der Waals surface area (Å²) in [5.41, 5.74) is 1.49. The first-order valence-electron chi connectivity index (χ1n) is 9.78. The van der Waals surface area contributed by atoms with Crippen molar-refractivity contribution < 1.29 is 0 Å². The number of rotatable bonds is 14. The summed E-state index contributed by atoms with van der Waals surface area (Å²) >= 11 is 0. The maximum atomic E-state index is 2.30. The van der Waals surface area contributed by atoms with Crippen molar-refractivity contribution in [2.75, 3.05) is 0 Å². The van der Waals surface area contributed by atoms with Crippen molar-refractivity contribution >= 4 is 0 Å². The lowest BCUT2D eigenvalue weighted by Gasteiger charge is -2.17. The van der Waals surface area contributed by atoms with E-state index in [4.69, 9.17) is 0 Å². The molecule has 0 bridgehead atoms. The zero-order valence-electron chi connectivity index (χ0n) is 15.1. The molecule has 1 radical (unpaired) electrons. The molecule has 0 aliphatic rings. The lowest BCUT2D eigenvalue weighted by Crippen LogP contribution is -2.00. The molecule has 1 aromatic rings. The largest absolute Gasteiger partial charge is 0.0654 e. The predicted octanol–water partition coefficient (Wildman–Crippen LogP) is 7.72. The summed E-state index contributed by atoms with van der Waals surface area (Å²) in [5, 5.41) is 0. The first-order chi connectivity index (χ1) is 10.9. The molecular weight excluding hydrogens is 264 g/mol. The SMILES string of the molecule is CCCCCCCC[C](CCCCCCC)c1ccccc1. The van der Waals surface area contributed by atoms with Crippen molar-refractivity contribution in [2.24, 2.45) is 0 Å². The Morgan fingerprint density at radius 3 is 1.55 bits per heavy atom. The molecule has 0 unspecified atom stereocenters. The van der Waals surface area contributed by atoms with Gasteiger partial charge in [0.05, 0.1) is 0 Å². The highest BCUT2D eigenvalue weighted by atomic mass is 14.2. The zero-order chi connectivity index (χ0) is 15.9. The van der Waals surface area contributed by atoms with E-state index in [2.05, 4.69) is 44.2 Å². The Labute approximate surface area is 139 Å². The third-order valence-corrected chi connectivity index (χ3v) is 4.60. The summed E-state index contributed by atoms with van der Waals surface area (Å²) in [7, 11) is 0. The van der Waals surface area contributed by atoms with Gasteiger partial charge in [-0.05, 0) is 18.4 Å². The number of benzene rings is 1. The van der Waals surface area contributed by atoms with E-state index in [9.17, 15) is 0 Å². The Morgan fingerprint density at radius 1 is 0.591 bits per heavy atom. The smallest absolute Gasteiger partial charge is 0.00498 e. The molecule has 0 saturated carbocycles. The highest BCUT2D eigenvalue weighted by molar-refractivity contribution is 5.30. The second-order valence-electron chi connectivity index (χ2n) is 6.65. The van der Waals surface area contributed by atoms with Crippen LogP contribution in [0.3, 0.4) is 0 Å². The normalized spacial score (nSPS) is 11.2. The van der Waals surface area contributed by atoms with E-state index < -0.39 is 0 Å². The first-order valence-corrected chi connectivity index (χ1v) is 9.78. The Balaban J connectivity index is 2.29. The second kappa shape index (κ2) is 13.9. The fourth-order valence-electron chi connectivity index (χ4n) is 3.15. The first kappa shape index (κ1) is 19.3. The highest BCUT2D eigenvalue weighted by Crippen LogP contribution is 2.27. The fraction of sp³-hybridized carbons (Fsp3) is 0.682. The van der Waals surface area contributed by atoms with Gasteiger partial charge in [-0.2, -0.15) is 0 Å². The van der Waals surface area contributed by atoms with Gasteiger partial charge in [0, 0.05) is 5.92 Å². The molecule has 125 valence electrons. The van der Waals surface area contributed by atoms with Crippen molar-refractivity contribution in [3.8, 4) is 0 Å². The minimum absolute atomic E-state index is 1.31. The molecule has 0 aliphatic carbocycles. The van der Waals surface area contributed by atoms with Crippen molar-refractivity contribution in [3.63, 3.8) is 0 Å². The van der Waals surface area contributed by atoms with E-state index >= 15 is 0 Å².